The van der Waals surface area contributed by atoms with Crippen LogP contribution in [-0.2, 0) is 5.41 Å². The molecule has 0 atom stereocenters. The summed E-state index contributed by atoms with van der Waals surface area (Å²) >= 11 is 0. The van der Waals surface area contributed by atoms with E-state index in [4.69, 9.17) is 19.3 Å². The average molecular weight is 408 g/mol. The van der Waals surface area contributed by atoms with Crippen molar-refractivity contribution in [3.8, 4) is 23.1 Å². The van der Waals surface area contributed by atoms with Gasteiger partial charge in [0, 0.05) is 17.5 Å². The second-order valence-corrected chi connectivity index (χ2v) is 8.31. The summed E-state index contributed by atoms with van der Waals surface area (Å²) < 4.78 is 18.0. The van der Waals surface area contributed by atoms with E-state index in [1.807, 2.05) is 32.0 Å². The van der Waals surface area contributed by atoms with Gasteiger partial charge in [-0.2, -0.15) is 5.10 Å². The van der Waals surface area contributed by atoms with Gasteiger partial charge in [0.05, 0.1) is 31.2 Å². The highest BCUT2D eigenvalue weighted by molar-refractivity contribution is 5.92. The molecule has 0 saturated heterocycles. The van der Waals surface area contributed by atoms with Crippen LogP contribution in [0.3, 0.4) is 0 Å². The SMILES string of the molecule is COc1cc(OC)cc(C(=O)Oc2cc(C(C)(C)C)nn2-c2ccc(C)cc2C)c1. The van der Waals surface area contributed by atoms with Crippen molar-refractivity contribution in [2.45, 2.75) is 40.0 Å². The zero-order chi connectivity index (χ0) is 22.1. The largest absolute Gasteiger partial charge is 0.497 e. The lowest BCUT2D eigenvalue weighted by molar-refractivity contribution is 0.0722. The van der Waals surface area contributed by atoms with Crippen LogP contribution in [0.1, 0.15) is 48.0 Å². The highest BCUT2D eigenvalue weighted by Gasteiger charge is 2.24. The summed E-state index contributed by atoms with van der Waals surface area (Å²) in [5, 5.41) is 4.75. The van der Waals surface area contributed by atoms with Gasteiger partial charge in [-0.05, 0) is 37.6 Å². The maximum absolute atomic E-state index is 13.0. The van der Waals surface area contributed by atoms with E-state index >= 15 is 0 Å². The first-order valence-corrected chi connectivity index (χ1v) is 9.76. The molecular weight excluding hydrogens is 380 g/mol. The molecule has 3 rings (SSSR count). The van der Waals surface area contributed by atoms with Crippen LogP contribution in [0.15, 0.2) is 42.5 Å². The van der Waals surface area contributed by atoms with Gasteiger partial charge in [-0.1, -0.05) is 38.5 Å². The van der Waals surface area contributed by atoms with E-state index < -0.39 is 5.97 Å². The van der Waals surface area contributed by atoms with Crippen LogP contribution < -0.4 is 14.2 Å². The number of benzene rings is 2. The van der Waals surface area contributed by atoms with Gasteiger partial charge in [-0.15, -0.1) is 0 Å². The van der Waals surface area contributed by atoms with E-state index in [1.165, 1.54) is 14.2 Å². The van der Waals surface area contributed by atoms with Crippen molar-refractivity contribution in [3.63, 3.8) is 0 Å². The standard InChI is InChI=1S/C24H28N2O4/c1-15-8-9-20(16(2)10-15)26-22(14-21(25-26)24(3,4)5)30-23(27)17-11-18(28-6)13-19(12-17)29-7/h8-14H,1-7H3. The Morgan fingerprint density at radius 2 is 1.57 bits per heavy atom. The molecule has 0 saturated carbocycles. The summed E-state index contributed by atoms with van der Waals surface area (Å²) in [6, 6.07) is 12.8. The molecule has 0 N–H and O–H groups in total. The van der Waals surface area contributed by atoms with Crippen molar-refractivity contribution in [2.75, 3.05) is 14.2 Å². The molecule has 158 valence electrons. The monoisotopic (exact) mass is 408 g/mol. The lowest BCUT2D eigenvalue weighted by Crippen LogP contribution is -2.13. The molecule has 1 heterocycles. The highest BCUT2D eigenvalue weighted by atomic mass is 16.5. The first-order valence-electron chi connectivity index (χ1n) is 9.76. The van der Waals surface area contributed by atoms with Crippen LogP contribution in [0.2, 0.25) is 0 Å². The molecule has 2 aromatic carbocycles. The van der Waals surface area contributed by atoms with E-state index in [0.29, 0.717) is 22.9 Å². The fraction of sp³-hybridized carbons (Fsp3) is 0.333. The van der Waals surface area contributed by atoms with E-state index in [1.54, 1.807) is 22.9 Å². The number of nitrogens with zero attached hydrogens (tertiary/aromatic N) is 2. The number of rotatable bonds is 5. The Bertz CT molecular complexity index is 1060. The third kappa shape index (κ3) is 4.48. The highest BCUT2D eigenvalue weighted by Crippen LogP contribution is 2.30. The fourth-order valence-corrected chi connectivity index (χ4v) is 3.10. The second-order valence-electron chi connectivity index (χ2n) is 8.31. The molecule has 0 radical (unpaired) electrons. The smallest absolute Gasteiger partial charge is 0.345 e. The van der Waals surface area contributed by atoms with E-state index in [0.717, 1.165) is 22.5 Å². The minimum Gasteiger partial charge on any atom is -0.497 e. The molecule has 0 spiro atoms. The maximum Gasteiger partial charge on any atom is 0.345 e. The first-order chi connectivity index (χ1) is 14.1. The molecule has 0 bridgehead atoms. The number of aromatic nitrogens is 2. The van der Waals surface area contributed by atoms with Crippen LogP contribution in [0, 0.1) is 13.8 Å². The Kier molecular flexibility index (Phi) is 5.87. The van der Waals surface area contributed by atoms with Gasteiger partial charge in [0.25, 0.3) is 0 Å². The van der Waals surface area contributed by atoms with Crippen LogP contribution in [0.5, 0.6) is 17.4 Å². The zero-order valence-corrected chi connectivity index (χ0v) is 18.6. The van der Waals surface area contributed by atoms with Crippen molar-refractivity contribution in [1.29, 1.82) is 0 Å². The fourth-order valence-electron chi connectivity index (χ4n) is 3.10. The summed E-state index contributed by atoms with van der Waals surface area (Å²) in [7, 11) is 3.07. The molecule has 0 aliphatic rings. The summed E-state index contributed by atoms with van der Waals surface area (Å²) in [6.07, 6.45) is 0. The van der Waals surface area contributed by atoms with Gasteiger partial charge in [-0.25, -0.2) is 9.48 Å². The molecule has 1 aromatic heterocycles. The molecule has 0 aliphatic carbocycles. The Balaban J connectivity index is 2.05. The first kappa shape index (κ1) is 21.4. The Morgan fingerprint density at radius 3 is 2.10 bits per heavy atom. The number of methoxy groups -OCH3 is 2. The number of ether oxygens (including phenoxy) is 3. The van der Waals surface area contributed by atoms with Crippen LogP contribution in [0.4, 0.5) is 0 Å². The van der Waals surface area contributed by atoms with Crippen molar-refractivity contribution in [1.82, 2.24) is 9.78 Å². The Morgan fingerprint density at radius 1 is 0.933 bits per heavy atom. The number of hydrogen-bond acceptors (Lipinski definition) is 5. The normalized spacial score (nSPS) is 11.3. The summed E-state index contributed by atoms with van der Waals surface area (Å²) in [5.74, 6) is 0.872. The third-order valence-electron chi connectivity index (χ3n) is 4.81. The average Bonchev–Trinajstić information content (AvgIpc) is 3.11. The molecule has 30 heavy (non-hydrogen) atoms. The van der Waals surface area contributed by atoms with Crippen LogP contribution in [0.25, 0.3) is 5.69 Å². The minimum atomic E-state index is -0.515. The number of aryl methyl sites for hydroxylation is 2. The molecule has 3 aromatic rings. The van der Waals surface area contributed by atoms with Gasteiger partial charge in [0.1, 0.15) is 11.5 Å². The summed E-state index contributed by atoms with van der Waals surface area (Å²) in [6.45, 7) is 10.3. The third-order valence-corrected chi connectivity index (χ3v) is 4.81. The number of carbonyl (C=O) groups is 1. The van der Waals surface area contributed by atoms with Gasteiger partial charge >= 0.3 is 5.97 Å². The van der Waals surface area contributed by atoms with Crippen LogP contribution in [-0.4, -0.2) is 30.0 Å². The van der Waals surface area contributed by atoms with Crippen molar-refractivity contribution in [3.05, 3.63) is 64.8 Å². The van der Waals surface area contributed by atoms with Gasteiger partial charge in [0.2, 0.25) is 5.88 Å². The van der Waals surface area contributed by atoms with E-state index in [-0.39, 0.29) is 5.41 Å². The number of esters is 1. The summed E-state index contributed by atoms with van der Waals surface area (Å²) in [4.78, 5) is 13.0. The topological polar surface area (TPSA) is 62.6 Å². The maximum atomic E-state index is 13.0. The van der Waals surface area contributed by atoms with Gasteiger partial charge in [0.15, 0.2) is 0 Å². The zero-order valence-electron chi connectivity index (χ0n) is 18.6. The Hall–Kier alpha value is -3.28. The molecule has 0 aliphatic heterocycles. The number of hydrogen-bond donors (Lipinski definition) is 0. The van der Waals surface area contributed by atoms with Crippen LogP contribution >= 0.6 is 0 Å². The number of carbonyl (C=O) groups excluding carboxylic acids is 1. The van der Waals surface area contributed by atoms with Crippen molar-refractivity contribution in [2.24, 2.45) is 0 Å². The minimum absolute atomic E-state index is 0.204. The molecule has 0 fully saturated rings. The molecule has 6 nitrogen and oxygen atoms in total. The predicted octanol–water partition coefficient (Wildman–Crippen LogP) is 5.02. The van der Waals surface area contributed by atoms with E-state index in [9.17, 15) is 4.79 Å². The molecule has 0 unspecified atom stereocenters. The molecular formula is C24H28N2O4. The molecule has 0 amide bonds. The second kappa shape index (κ2) is 8.22. The lowest BCUT2D eigenvalue weighted by atomic mass is 9.93. The quantitative estimate of drug-likeness (QED) is 0.555. The van der Waals surface area contributed by atoms with Gasteiger partial charge in [-0.3, -0.25) is 0 Å². The van der Waals surface area contributed by atoms with Gasteiger partial charge < -0.3 is 14.2 Å². The predicted molar refractivity (Wildman–Crippen MR) is 116 cm³/mol. The lowest BCUT2D eigenvalue weighted by Gasteiger charge is -2.14. The Labute approximate surface area is 177 Å². The van der Waals surface area contributed by atoms with Crippen molar-refractivity contribution >= 4 is 5.97 Å². The van der Waals surface area contributed by atoms with E-state index in [2.05, 4.69) is 26.8 Å². The van der Waals surface area contributed by atoms with Crippen molar-refractivity contribution < 1.29 is 19.0 Å². The summed E-state index contributed by atoms with van der Waals surface area (Å²) in [5.41, 5.74) is 4.01. The molecule has 6 heteroatoms.